The van der Waals surface area contributed by atoms with E-state index in [-0.39, 0.29) is 12.5 Å². The summed E-state index contributed by atoms with van der Waals surface area (Å²) in [5.41, 5.74) is 9.08. The van der Waals surface area contributed by atoms with Gasteiger partial charge in [0.2, 0.25) is 5.91 Å². The van der Waals surface area contributed by atoms with E-state index in [0.29, 0.717) is 12.6 Å². The van der Waals surface area contributed by atoms with Gasteiger partial charge in [-0.15, -0.1) is 5.10 Å². The number of rotatable bonds is 7. The molecule has 2 rings (SSSR count). The number of amides is 1. The van der Waals surface area contributed by atoms with Gasteiger partial charge in [0.1, 0.15) is 0 Å². The Balaban J connectivity index is 2.18. The van der Waals surface area contributed by atoms with Gasteiger partial charge in [0.25, 0.3) is 0 Å². The zero-order chi connectivity index (χ0) is 15.4. The first-order valence-corrected chi connectivity index (χ1v) is 7.68. The molecule has 0 atom stereocenters. The number of carbonyl (C=O) groups is 1. The molecule has 1 aliphatic carbocycles. The highest BCUT2D eigenvalue weighted by molar-refractivity contribution is 5.81. The molecule has 1 heterocycles. The van der Waals surface area contributed by atoms with Crippen molar-refractivity contribution in [3.8, 4) is 0 Å². The first-order valence-electron chi connectivity index (χ1n) is 7.68. The second-order valence-corrected chi connectivity index (χ2v) is 5.54. The Labute approximate surface area is 126 Å². The number of aromatic nitrogens is 2. The average Bonchev–Trinajstić information content (AvgIpc) is 3.28. The summed E-state index contributed by atoms with van der Waals surface area (Å²) in [4.78, 5) is 13.8. The summed E-state index contributed by atoms with van der Waals surface area (Å²) in [6.45, 7) is 4.86. The molecule has 3 N–H and O–H groups in total. The molecule has 0 aliphatic heterocycles. The minimum absolute atomic E-state index is 0.0300. The highest BCUT2D eigenvalue weighted by Crippen LogP contribution is 2.23. The van der Waals surface area contributed by atoms with Gasteiger partial charge in [-0.25, -0.2) is 0 Å². The Bertz CT molecular complexity index is 513. The van der Waals surface area contributed by atoms with Gasteiger partial charge in [0.05, 0.1) is 12.2 Å². The van der Waals surface area contributed by atoms with Crippen LogP contribution >= 0.6 is 0 Å². The average molecular weight is 291 g/mol. The quantitative estimate of drug-likeness (QED) is 0.775. The smallest absolute Gasteiger partial charge is 0.239 e. The molecular weight excluding hydrogens is 266 g/mol. The number of carbonyl (C=O) groups excluding carboxylic acids is 1. The molecular formula is C15H25N5O. The van der Waals surface area contributed by atoms with Crippen LogP contribution in [0.1, 0.15) is 43.5 Å². The van der Waals surface area contributed by atoms with Crippen molar-refractivity contribution in [2.45, 2.75) is 52.1 Å². The first-order chi connectivity index (χ1) is 10.1. The van der Waals surface area contributed by atoms with Gasteiger partial charge in [-0.2, -0.15) is 5.10 Å². The van der Waals surface area contributed by atoms with E-state index in [4.69, 9.17) is 5.73 Å². The van der Waals surface area contributed by atoms with Gasteiger partial charge in [-0.1, -0.05) is 13.8 Å². The number of nitrogens with one attached hydrogen (secondary N) is 1. The van der Waals surface area contributed by atoms with E-state index in [2.05, 4.69) is 29.4 Å². The van der Waals surface area contributed by atoms with Crippen LogP contribution in [-0.2, 0) is 24.2 Å². The van der Waals surface area contributed by atoms with Crippen LogP contribution in [0.3, 0.4) is 0 Å². The Hall–Kier alpha value is -1.69. The van der Waals surface area contributed by atoms with E-state index in [9.17, 15) is 4.79 Å². The molecule has 0 bridgehead atoms. The summed E-state index contributed by atoms with van der Waals surface area (Å²) in [5.74, 6) is 0.750. The molecule has 116 valence electrons. The lowest BCUT2D eigenvalue weighted by molar-refractivity contribution is -0.119. The van der Waals surface area contributed by atoms with Crippen LogP contribution in [0.5, 0.6) is 0 Å². The maximum atomic E-state index is 11.9. The molecule has 0 radical (unpaired) electrons. The fourth-order valence-electron chi connectivity index (χ4n) is 2.55. The molecule has 0 aromatic carbocycles. The van der Waals surface area contributed by atoms with Gasteiger partial charge in [-0.3, -0.25) is 4.79 Å². The van der Waals surface area contributed by atoms with Crippen molar-refractivity contribution >= 4 is 11.7 Å². The Morgan fingerprint density at radius 3 is 2.52 bits per heavy atom. The molecule has 0 unspecified atom stereocenters. The standard InChI is InChI=1S/C15H25N5O/c1-4-11-12(8-16)15(19-18-13(11)5-2)20(3)9-14(21)17-10-6-7-10/h10H,4-9,16H2,1-3H3,(H,17,21). The summed E-state index contributed by atoms with van der Waals surface area (Å²) >= 11 is 0. The van der Waals surface area contributed by atoms with Crippen LogP contribution in [-0.4, -0.2) is 35.7 Å². The number of nitrogens with zero attached hydrogens (tertiary/aromatic N) is 3. The van der Waals surface area contributed by atoms with Gasteiger partial charge in [-0.05, 0) is 31.2 Å². The topological polar surface area (TPSA) is 84.1 Å². The highest BCUT2D eigenvalue weighted by Gasteiger charge is 2.24. The Kier molecular flexibility index (Phi) is 5.12. The molecule has 1 amide bonds. The van der Waals surface area contributed by atoms with Crippen molar-refractivity contribution in [3.05, 3.63) is 16.8 Å². The van der Waals surface area contributed by atoms with Crippen LogP contribution in [0.2, 0.25) is 0 Å². The highest BCUT2D eigenvalue weighted by atomic mass is 16.2. The molecule has 6 nitrogen and oxygen atoms in total. The van der Waals surface area contributed by atoms with Crippen molar-refractivity contribution in [1.82, 2.24) is 15.5 Å². The van der Waals surface area contributed by atoms with E-state index in [0.717, 1.165) is 42.8 Å². The summed E-state index contributed by atoms with van der Waals surface area (Å²) < 4.78 is 0. The van der Waals surface area contributed by atoms with Gasteiger partial charge < -0.3 is 16.0 Å². The molecule has 1 fully saturated rings. The largest absolute Gasteiger partial charge is 0.352 e. The maximum absolute atomic E-state index is 11.9. The second kappa shape index (κ2) is 6.85. The first kappa shape index (κ1) is 15.7. The lowest BCUT2D eigenvalue weighted by Crippen LogP contribution is -2.37. The third kappa shape index (κ3) is 3.69. The third-order valence-corrected chi connectivity index (χ3v) is 3.83. The molecule has 21 heavy (non-hydrogen) atoms. The second-order valence-electron chi connectivity index (χ2n) is 5.54. The molecule has 0 spiro atoms. The van der Waals surface area contributed by atoms with E-state index in [1.807, 2.05) is 11.9 Å². The van der Waals surface area contributed by atoms with Crippen LogP contribution in [0.4, 0.5) is 5.82 Å². The summed E-state index contributed by atoms with van der Waals surface area (Å²) in [6, 6.07) is 0.375. The lowest BCUT2D eigenvalue weighted by Gasteiger charge is -2.22. The van der Waals surface area contributed by atoms with Crippen molar-refractivity contribution in [2.24, 2.45) is 5.73 Å². The molecule has 0 saturated heterocycles. The SMILES string of the molecule is CCc1nnc(N(C)CC(=O)NC2CC2)c(CN)c1CC. The molecule has 1 aliphatic rings. The molecule has 1 aromatic heterocycles. The monoisotopic (exact) mass is 291 g/mol. The maximum Gasteiger partial charge on any atom is 0.239 e. The summed E-state index contributed by atoms with van der Waals surface area (Å²) in [6.07, 6.45) is 3.90. The predicted molar refractivity (Wildman–Crippen MR) is 83.1 cm³/mol. The third-order valence-electron chi connectivity index (χ3n) is 3.83. The predicted octanol–water partition coefficient (Wildman–Crippen LogP) is 0.775. The van der Waals surface area contributed by atoms with Gasteiger partial charge in [0, 0.05) is 25.2 Å². The zero-order valence-corrected chi connectivity index (χ0v) is 13.1. The van der Waals surface area contributed by atoms with Crippen molar-refractivity contribution in [3.63, 3.8) is 0 Å². The molecule has 6 heteroatoms. The normalized spacial score (nSPS) is 14.1. The fourth-order valence-corrected chi connectivity index (χ4v) is 2.55. The Morgan fingerprint density at radius 1 is 1.29 bits per heavy atom. The Morgan fingerprint density at radius 2 is 2.00 bits per heavy atom. The summed E-state index contributed by atoms with van der Waals surface area (Å²) in [7, 11) is 1.86. The van der Waals surface area contributed by atoms with Crippen molar-refractivity contribution in [1.29, 1.82) is 0 Å². The number of hydrogen-bond donors (Lipinski definition) is 2. The van der Waals surface area contributed by atoms with Crippen molar-refractivity contribution in [2.75, 3.05) is 18.5 Å². The fraction of sp³-hybridized carbons (Fsp3) is 0.667. The van der Waals surface area contributed by atoms with E-state index < -0.39 is 0 Å². The zero-order valence-electron chi connectivity index (χ0n) is 13.1. The number of aryl methyl sites for hydroxylation is 1. The van der Waals surface area contributed by atoms with Crippen LogP contribution in [0.25, 0.3) is 0 Å². The number of likely N-dealkylation sites (N-methyl/N-ethyl adjacent to an activating group) is 1. The van der Waals surface area contributed by atoms with Crippen LogP contribution in [0.15, 0.2) is 0 Å². The summed E-state index contributed by atoms with van der Waals surface area (Å²) in [5, 5.41) is 11.6. The van der Waals surface area contributed by atoms with E-state index in [1.165, 1.54) is 5.56 Å². The van der Waals surface area contributed by atoms with E-state index >= 15 is 0 Å². The van der Waals surface area contributed by atoms with Crippen molar-refractivity contribution < 1.29 is 4.79 Å². The van der Waals surface area contributed by atoms with E-state index in [1.54, 1.807) is 0 Å². The lowest BCUT2D eigenvalue weighted by atomic mass is 10.0. The number of nitrogens with two attached hydrogens (primary N) is 1. The molecule has 1 saturated carbocycles. The number of anilines is 1. The van der Waals surface area contributed by atoms with Crippen LogP contribution < -0.4 is 16.0 Å². The minimum atomic E-state index is 0.0300. The van der Waals surface area contributed by atoms with Gasteiger partial charge in [0.15, 0.2) is 5.82 Å². The minimum Gasteiger partial charge on any atom is -0.352 e. The number of hydrogen-bond acceptors (Lipinski definition) is 5. The van der Waals surface area contributed by atoms with Gasteiger partial charge >= 0.3 is 0 Å². The van der Waals surface area contributed by atoms with Crippen LogP contribution in [0, 0.1) is 0 Å². The molecule has 1 aromatic rings.